The van der Waals surface area contributed by atoms with Crippen LogP contribution in [0, 0.1) is 5.92 Å². The third-order valence-corrected chi connectivity index (χ3v) is 4.17. The van der Waals surface area contributed by atoms with Gasteiger partial charge in [0.05, 0.1) is 19.3 Å². The van der Waals surface area contributed by atoms with E-state index in [1.165, 1.54) is 7.11 Å². The zero-order valence-electron chi connectivity index (χ0n) is 15.4. The van der Waals surface area contributed by atoms with Crippen molar-refractivity contribution < 1.29 is 19.1 Å². The third-order valence-electron chi connectivity index (χ3n) is 4.17. The first-order chi connectivity index (χ1) is 12.0. The van der Waals surface area contributed by atoms with E-state index in [9.17, 15) is 9.59 Å². The van der Waals surface area contributed by atoms with Crippen LogP contribution >= 0.6 is 0 Å². The number of carbonyl (C=O) groups is 2. The predicted molar refractivity (Wildman–Crippen MR) is 95.4 cm³/mol. The van der Waals surface area contributed by atoms with Gasteiger partial charge in [0, 0.05) is 32.7 Å². The second-order valence-corrected chi connectivity index (χ2v) is 6.78. The van der Waals surface area contributed by atoms with Gasteiger partial charge >= 0.3 is 12.1 Å². The van der Waals surface area contributed by atoms with Crippen molar-refractivity contribution in [3.05, 3.63) is 35.4 Å². The lowest BCUT2D eigenvalue weighted by Crippen LogP contribution is -2.36. The number of ether oxygens (including phenoxy) is 2. The normalized spacial score (nSPS) is 15.8. The Bertz CT molecular complexity index is 571. The topological polar surface area (TPSA) is 59.1 Å². The fourth-order valence-corrected chi connectivity index (χ4v) is 2.76. The Kier molecular flexibility index (Phi) is 7.25. The largest absolute Gasteiger partial charge is 0.465 e. The summed E-state index contributed by atoms with van der Waals surface area (Å²) in [7, 11) is 1.38. The summed E-state index contributed by atoms with van der Waals surface area (Å²) in [6, 6.07) is 7.47. The van der Waals surface area contributed by atoms with Crippen LogP contribution in [0.15, 0.2) is 24.3 Å². The molecule has 0 N–H and O–H groups in total. The van der Waals surface area contributed by atoms with Gasteiger partial charge in [0.2, 0.25) is 0 Å². The van der Waals surface area contributed by atoms with Crippen LogP contribution in [0.5, 0.6) is 0 Å². The van der Waals surface area contributed by atoms with Gasteiger partial charge in [-0.2, -0.15) is 0 Å². The van der Waals surface area contributed by atoms with Gasteiger partial charge in [-0.3, -0.25) is 4.90 Å². The predicted octanol–water partition coefficient (Wildman–Crippen LogP) is 2.77. The van der Waals surface area contributed by atoms with Gasteiger partial charge in [-0.1, -0.05) is 26.0 Å². The summed E-state index contributed by atoms with van der Waals surface area (Å²) in [5.41, 5.74) is 1.70. The minimum atomic E-state index is -0.322. The fourth-order valence-electron chi connectivity index (χ4n) is 2.76. The third kappa shape index (κ3) is 6.05. The summed E-state index contributed by atoms with van der Waals surface area (Å²) in [6.45, 7) is 8.49. The van der Waals surface area contributed by atoms with Crippen molar-refractivity contribution in [3.8, 4) is 0 Å². The zero-order valence-corrected chi connectivity index (χ0v) is 15.4. The molecule has 1 saturated heterocycles. The molecule has 0 atom stereocenters. The van der Waals surface area contributed by atoms with Gasteiger partial charge in [0.15, 0.2) is 0 Å². The van der Waals surface area contributed by atoms with Gasteiger partial charge in [0.25, 0.3) is 0 Å². The van der Waals surface area contributed by atoms with E-state index in [4.69, 9.17) is 9.47 Å². The minimum Gasteiger partial charge on any atom is -0.465 e. The quantitative estimate of drug-likeness (QED) is 0.766. The Hall–Kier alpha value is -2.08. The van der Waals surface area contributed by atoms with Crippen molar-refractivity contribution in [2.45, 2.75) is 26.8 Å². The van der Waals surface area contributed by atoms with Crippen molar-refractivity contribution >= 4 is 12.1 Å². The molecule has 0 bridgehead atoms. The average Bonchev–Trinajstić information content (AvgIpc) is 2.85. The first-order valence-electron chi connectivity index (χ1n) is 8.81. The van der Waals surface area contributed by atoms with E-state index in [-0.39, 0.29) is 12.1 Å². The number of hydrogen-bond acceptors (Lipinski definition) is 5. The molecule has 6 nitrogen and oxygen atoms in total. The van der Waals surface area contributed by atoms with Crippen molar-refractivity contribution in [1.82, 2.24) is 9.80 Å². The lowest BCUT2D eigenvalue weighted by Gasteiger charge is -2.22. The van der Waals surface area contributed by atoms with Crippen molar-refractivity contribution in [2.75, 3.05) is 39.9 Å². The van der Waals surface area contributed by atoms with E-state index in [1.54, 1.807) is 17.0 Å². The molecule has 0 aromatic heterocycles. The molecule has 6 heteroatoms. The standard InChI is InChI=1S/C19H28N2O4/c1-15(2)14-25-19(23)21-10-4-9-20(11-12-21)13-16-5-7-17(8-6-16)18(22)24-3/h5-8,15H,4,9-14H2,1-3H3. The first kappa shape index (κ1) is 19.2. The molecule has 1 amide bonds. The summed E-state index contributed by atoms with van der Waals surface area (Å²) >= 11 is 0. The number of hydrogen-bond donors (Lipinski definition) is 0. The SMILES string of the molecule is COC(=O)c1ccc(CN2CCCN(C(=O)OCC(C)C)CC2)cc1. The molecule has 0 saturated carbocycles. The molecule has 1 aromatic carbocycles. The molecule has 0 unspecified atom stereocenters. The van der Waals surface area contributed by atoms with Crippen molar-refractivity contribution in [1.29, 1.82) is 0 Å². The molecule has 138 valence electrons. The highest BCUT2D eigenvalue weighted by molar-refractivity contribution is 5.89. The Labute approximate surface area is 149 Å². The van der Waals surface area contributed by atoms with Crippen LogP contribution in [-0.2, 0) is 16.0 Å². The van der Waals surface area contributed by atoms with Gasteiger partial charge in [0.1, 0.15) is 0 Å². The number of amides is 1. The monoisotopic (exact) mass is 348 g/mol. The highest BCUT2D eigenvalue weighted by Crippen LogP contribution is 2.12. The molecule has 1 heterocycles. The number of methoxy groups -OCH3 is 1. The van der Waals surface area contributed by atoms with Crippen LogP contribution < -0.4 is 0 Å². The molecule has 1 fully saturated rings. The highest BCUT2D eigenvalue weighted by Gasteiger charge is 2.20. The number of rotatable bonds is 5. The molecule has 1 aliphatic rings. The smallest absolute Gasteiger partial charge is 0.409 e. The van der Waals surface area contributed by atoms with E-state index in [0.717, 1.165) is 38.2 Å². The lowest BCUT2D eigenvalue weighted by molar-refractivity contribution is 0.0600. The van der Waals surface area contributed by atoms with E-state index in [1.807, 2.05) is 26.0 Å². The van der Waals surface area contributed by atoms with Crippen molar-refractivity contribution in [2.24, 2.45) is 5.92 Å². The maximum atomic E-state index is 12.1. The number of esters is 1. The van der Waals surface area contributed by atoms with Crippen LogP contribution in [-0.4, -0.2) is 61.8 Å². The molecule has 1 aliphatic heterocycles. The summed E-state index contributed by atoms with van der Waals surface area (Å²) in [4.78, 5) is 27.7. The van der Waals surface area contributed by atoms with Crippen LogP contribution in [0.4, 0.5) is 4.79 Å². The molecule has 0 aliphatic carbocycles. The maximum Gasteiger partial charge on any atom is 0.409 e. The number of nitrogens with zero attached hydrogens (tertiary/aromatic N) is 2. The zero-order chi connectivity index (χ0) is 18.2. The van der Waals surface area contributed by atoms with Crippen LogP contribution in [0.25, 0.3) is 0 Å². The Morgan fingerprint density at radius 2 is 1.80 bits per heavy atom. The molecule has 0 radical (unpaired) electrons. The summed E-state index contributed by atoms with van der Waals surface area (Å²) < 4.78 is 10.0. The highest BCUT2D eigenvalue weighted by atomic mass is 16.6. The summed E-state index contributed by atoms with van der Waals surface area (Å²) in [6.07, 6.45) is 0.717. The second kappa shape index (κ2) is 9.42. The fraction of sp³-hybridized carbons (Fsp3) is 0.579. The summed E-state index contributed by atoms with van der Waals surface area (Å²) in [5, 5.41) is 0. The number of carbonyl (C=O) groups excluding carboxylic acids is 2. The van der Waals surface area contributed by atoms with E-state index >= 15 is 0 Å². The molecule has 2 rings (SSSR count). The molecule has 0 spiro atoms. The first-order valence-corrected chi connectivity index (χ1v) is 8.81. The Morgan fingerprint density at radius 1 is 1.08 bits per heavy atom. The van der Waals surface area contributed by atoms with E-state index in [0.29, 0.717) is 24.6 Å². The molecule has 25 heavy (non-hydrogen) atoms. The Balaban J connectivity index is 1.84. The van der Waals surface area contributed by atoms with Gasteiger partial charge in [-0.05, 0) is 30.0 Å². The molecule has 1 aromatic rings. The minimum absolute atomic E-state index is 0.210. The average molecular weight is 348 g/mol. The van der Waals surface area contributed by atoms with Crippen LogP contribution in [0.2, 0.25) is 0 Å². The van der Waals surface area contributed by atoms with Gasteiger partial charge in [-0.25, -0.2) is 9.59 Å². The molecular weight excluding hydrogens is 320 g/mol. The van der Waals surface area contributed by atoms with Crippen LogP contribution in [0.1, 0.15) is 36.2 Å². The Morgan fingerprint density at radius 3 is 2.44 bits per heavy atom. The second-order valence-electron chi connectivity index (χ2n) is 6.78. The maximum absolute atomic E-state index is 12.1. The number of benzene rings is 1. The van der Waals surface area contributed by atoms with Gasteiger partial charge < -0.3 is 14.4 Å². The lowest BCUT2D eigenvalue weighted by atomic mass is 10.1. The van der Waals surface area contributed by atoms with Gasteiger partial charge in [-0.15, -0.1) is 0 Å². The molecular formula is C19H28N2O4. The summed E-state index contributed by atoms with van der Waals surface area (Å²) in [5.74, 6) is 0.0252. The van der Waals surface area contributed by atoms with E-state index in [2.05, 4.69) is 4.90 Å². The van der Waals surface area contributed by atoms with Crippen LogP contribution in [0.3, 0.4) is 0 Å². The van der Waals surface area contributed by atoms with Crippen molar-refractivity contribution in [3.63, 3.8) is 0 Å². The van der Waals surface area contributed by atoms with E-state index < -0.39 is 0 Å².